The van der Waals surface area contributed by atoms with Crippen molar-refractivity contribution in [3.05, 3.63) is 97.8 Å². The van der Waals surface area contributed by atoms with Crippen LogP contribution in [-0.4, -0.2) is 97.8 Å². The molecule has 6 N–H and O–H groups in total. The molecule has 11 atom stereocenters. The van der Waals surface area contributed by atoms with Crippen LogP contribution in [0.3, 0.4) is 0 Å². The third-order valence-electron chi connectivity index (χ3n) is 9.43. The van der Waals surface area contributed by atoms with Gasteiger partial charge in [-0.25, -0.2) is 23.5 Å². The van der Waals surface area contributed by atoms with Crippen molar-refractivity contribution >= 4 is 38.2 Å². The number of ether oxygens (including phenoxy) is 3. The van der Waals surface area contributed by atoms with Gasteiger partial charge in [-0.2, -0.15) is 0 Å². The van der Waals surface area contributed by atoms with Gasteiger partial charge in [0.15, 0.2) is 0 Å². The molecule has 2 unspecified atom stereocenters. The molecule has 3 saturated heterocycles. The van der Waals surface area contributed by atoms with Crippen molar-refractivity contribution in [2.45, 2.75) is 95.3 Å². The number of aliphatic hydroxyl groups excluding tert-OH is 1. The van der Waals surface area contributed by atoms with Gasteiger partial charge in [-0.05, 0) is 20.8 Å². The number of hydrogen-bond donors (Lipinski definition) is 6. The molecule has 6 rings (SSSR count). The van der Waals surface area contributed by atoms with Crippen molar-refractivity contribution in [2.75, 3.05) is 17.6 Å². The number of H-pyrrole nitrogens is 3. The zero-order chi connectivity index (χ0) is 41.6. The fourth-order valence-corrected chi connectivity index (χ4v) is 9.12. The van der Waals surface area contributed by atoms with Gasteiger partial charge in [0.05, 0.1) is 25.4 Å². The normalized spacial score (nSPS) is 29.7. The van der Waals surface area contributed by atoms with E-state index >= 15 is 0 Å². The second-order valence-corrected chi connectivity index (χ2v) is 17.3. The van der Waals surface area contributed by atoms with Gasteiger partial charge in [-0.3, -0.25) is 61.1 Å². The maximum absolute atomic E-state index is 13.3. The highest BCUT2D eigenvalue weighted by Gasteiger charge is 2.46. The molecule has 3 aliphatic rings. The molecule has 3 aromatic rings. The Hall–Kier alpha value is -3.17. The van der Waals surface area contributed by atoms with Crippen LogP contribution in [0.4, 0.5) is 0 Å². The monoisotopic (exact) mass is 960 g/mol. The Kier molecular flexibility index (Phi) is 13.1. The average molecular weight is 961 g/mol. The molecule has 27 heteroatoms. The lowest BCUT2D eigenvalue weighted by Gasteiger charge is -2.24. The minimum atomic E-state index is -5.09. The number of rotatable bonds is 14. The van der Waals surface area contributed by atoms with Gasteiger partial charge >= 0.3 is 32.7 Å². The number of aromatic amines is 3. The summed E-state index contributed by atoms with van der Waals surface area (Å²) in [6.07, 6.45) is -7.44. The molecule has 57 heavy (non-hydrogen) atoms. The van der Waals surface area contributed by atoms with Crippen LogP contribution >= 0.6 is 38.2 Å². The number of alkyl halides is 1. The standard InChI is InChI=1S/C30H39IN6O18P2/c1-13-8-35(28(42)32-25(13)39)22-4-16(38)20(52-22)11-49-56(45,46)55-18-6-24(37-10-15(3)27(41)34-30(37)44)53-21(18)12-50-57(47,48)54-17-5-23(51-19(17)7-31)36-9-14(2)26(40)33-29(36)43/h8-10,16-24,38H,4-7,11-12H2,1-3H3,(H,45,46)(H,47,48)(H,32,39,42)(H,33,40,43)(H,34,41,44)/t16-,17-,18-,19+,20+,21+,22+,23+,24+/m0/s1. The molecule has 3 aliphatic heterocycles. The van der Waals surface area contributed by atoms with Crippen LogP contribution in [0.2, 0.25) is 0 Å². The summed E-state index contributed by atoms with van der Waals surface area (Å²) in [6.45, 7) is 2.84. The van der Waals surface area contributed by atoms with E-state index in [1.54, 1.807) is 0 Å². The van der Waals surface area contributed by atoms with Crippen molar-refractivity contribution in [1.29, 1.82) is 0 Å². The molecule has 0 amide bonds. The lowest BCUT2D eigenvalue weighted by atomic mass is 10.2. The SMILES string of the molecule is Cc1cn([C@H]2C[C@H](OP(=O)(O)OC[C@H]3O[C@@H](n4cc(C)c(=O)[nH]c4=O)C[C@@H]3OP(=O)(O)OC[C@H]3O[C@@H](n4cc(C)c(=O)[nH]c4=O)C[C@@H]3O)[C@@H](CI)O2)c(=O)[nH]c1=O. The maximum Gasteiger partial charge on any atom is 0.472 e. The minimum absolute atomic E-state index is 0.0956. The van der Waals surface area contributed by atoms with Gasteiger partial charge < -0.3 is 29.1 Å². The summed E-state index contributed by atoms with van der Waals surface area (Å²) in [5.41, 5.74) is -3.79. The van der Waals surface area contributed by atoms with Crippen molar-refractivity contribution in [3.63, 3.8) is 0 Å². The summed E-state index contributed by atoms with van der Waals surface area (Å²) in [5, 5.41) is 10.6. The van der Waals surface area contributed by atoms with E-state index in [4.69, 9.17) is 32.3 Å². The number of hydrogen-bond acceptors (Lipinski definition) is 16. The van der Waals surface area contributed by atoms with Gasteiger partial charge in [-0.1, -0.05) is 22.6 Å². The van der Waals surface area contributed by atoms with Crippen molar-refractivity contribution in [1.82, 2.24) is 28.7 Å². The van der Waals surface area contributed by atoms with Crippen LogP contribution in [0.15, 0.2) is 47.4 Å². The van der Waals surface area contributed by atoms with Crippen molar-refractivity contribution in [2.24, 2.45) is 0 Å². The van der Waals surface area contributed by atoms with E-state index in [1.807, 2.05) is 22.6 Å². The summed E-state index contributed by atoms with van der Waals surface area (Å²) in [6, 6.07) is 0. The highest BCUT2D eigenvalue weighted by atomic mass is 127. The summed E-state index contributed by atoms with van der Waals surface area (Å²) in [7, 11) is -10.1. The average Bonchev–Trinajstić information content (AvgIpc) is 3.83. The molecule has 0 aromatic carbocycles. The Bertz CT molecular complexity index is 2450. The van der Waals surface area contributed by atoms with Crippen molar-refractivity contribution < 1.29 is 56.3 Å². The van der Waals surface area contributed by atoms with Gasteiger partial charge in [0, 0.05) is 59.0 Å². The molecule has 0 saturated carbocycles. The molecule has 314 valence electrons. The Morgan fingerprint density at radius 3 is 1.42 bits per heavy atom. The molecule has 3 fully saturated rings. The molecule has 0 spiro atoms. The van der Waals surface area contributed by atoms with Crippen molar-refractivity contribution in [3.8, 4) is 0 Å². The van der Waals surface area contributed by atoms with E-state index in [-0.39, 0.29) is 40.4 Å². The number of aliphatic hydroxyl groups is 1. The number of halogens is 1. The number of phosphoric acid groups is 2. The summed E-state index contributed by atoms with van der Waals surface area (Å²) < 4.78 is 68.6. The first-order chi connectivity index (χ1) is 26.7. The van der Waals surface area contributed by atoms with Crippen LogP contribution in [0, 0.1) is 20.8 Å². The van der Waals surface area contributed by atoms with E-state index in [0.717, 1.165) is 13.7 Å². The van der Waals surface area contributed by atoms with Crippen LogP contribution in [0.1, 0.15) is 54.6 Å². The molecule has 6 heterocycles. The number of aryl methyl sites for hydroxylation is 3. The van der Waals surface area contributed by atoms with E-state index < -0.39 is 118 Å². The largest absolute Gasteiger partial charge is 0.472 e. The molecular formula is C30H39IN6O18P2. The second kappa shape index (κ2) is 17.2. The zero-order valence-electron chi connectivity index (χ0n) is 30.3. The van der Waals surface area contributed by atoms with Gasteiger partial charge in [0.1, 0.15) is 43.1 Å². The Balaban J connectivity index is 1.14. The third kappa shape index (κ3) is 10.0. The molecule has 24 nitrogen and oxygen atoms in total. The van der Waals surface area contributed by atoms with Crippen LogP contribution in [0.5, 0.6) is 0 Å². The summed E-state index contributed by atoms with van der Waals surface area (Å²) in [4.78, 5) is 101. The quantitative estimate of drug-likeness (QED) is 0.0656. The Labute approximate surface area is 333 Å². The van der Waals surface area contributed by atoms with E-state index in [0.29, 0.717) is 0 Å². The highest BCUT2D eigenvalue weighted by Crippen LogP contribution is 2.52. The third-order valence-corrected chi connectivity index (χ3v) is 12.3. The van der Waals surface area contributed by atoms with Crippen LogP contribution < -0.4 is 33.7 Å². The fraction of sp³-hybridized carbons (Fsp3) is 0.600. The first-order valence-corrected chi connectivity index (χ1v) is 21.7. The Morgan fingerprint density at radius 1 is 0.649 bits per heavy atom. The molecule has 0 aliphatic carbocycles. The predicted molar refractivity (Wildman–Crippen MR) is 200 cm³/mol. The Morgan fingerprint density at radius 2 is 1.00 bits per heavy atom. The highest BCUT2D eigenvalue weighted by molar-refractivity contribution is 14.1. The maximum atomic E-state index is 13.3. The van der Waals surface area contributed by atoms with E-state index in [9.17, 15) is 52.8 Å². The van der Waals surface area contributed by atoms with Crippen LogP contribution in [-0.2, 0) is 41.4 Å². The molecule has 0 bridgehead atoms. The van der Waals surface area contributed by atoms with Crippen LogP contribution in [0.25, 0.3) is 0 Å². The smallest absolute Gasteiger partial charge is 0.390 e. The van der Waals surface area contributed by atoms with E-state index in [2.05, 4.69) is 15.0 Å². The minimum Gasteiger partial charge on any atom is -0.390 e. The topological polar surface area (TPSA) is 324 Å². The lowest BCUT2D eigenvalue weighted by Crippen LogP contribution is -2.33. The van der Waals surface area contributed by atoms with E-state index in [1.165, 1.54) is 39.4 Å². The molecular weight excluding hydrogens is 921 g/mol. The molecule has 3 aromatic heterocycles. The second-order valence-electron chi connectivity index (χ2n) is 13.6. The van der Waals surface area contributed by atoms with Gasteiger partial charge in [-0.15, -0.1) is 0 Å². The fourth-order valence-electron chi connectivity index (χ4n) is 6.43. The zero-order valence-corrected chi connectivity index (χ0v) is 34.2. The van der Waals surface area contributed by atoms with Gasteiger partial charge in [0.2, 0.25) is 0 Å². The number of aromatic nitrogens is 6. The lowest BCUT2D eigenvalue weighted by molar-refractivity contribution is -0.0590. The number of nitrogens with one attached hydrogen (secondary N) is 3. The number of nitrogens with zero attached hydrogens (tertiary/aromatic N) is 3. The predicted octanol–water partition coefficient (Wildman–Crippen LogP) is -0.775. The van der Waals surface area contributed by atoms with Gasteiger partial charge in [0.25, 0.3) is 16.7 Å². The first kappa shape index (κ1) is 43.4. The summed E-state index contributed by atoms with van der Waals surface area (Å²) >= 11 is 1.96. The number of phosphoric ester groups is 2. The molecule has 0 radical (unpaired) electrons. The summed E-state index contributed by atoms with van der Waals surface area (Å²) in [5.74, 6) is 0. The first-order valence-electron chi connectivity index (χ1n) is 17.2.